The van der Waals surface area contributed by atoms with Gasteiger partial charge in [0.15, 0.2) is 10.9 Å². The summed E-state index contributed by atoms with van der Waals surface area (Å²) in [6.45, 7) is 0. The molecule has 0 radical (unpaired) electrons. The Morgan fingerprint density at radius 3 is 2.22 bits per heavy atom. The summed E-state index contributed by atoms with van der Waals surface area (Å²) in [5.41, 5.74) is 1.08. The molecule has 1 aromatic carbocycles. The SMILES string of the molecule is COc1ccc(C(=O)c2cnc(SC)nc2)cc1. The van der Waals surface area contributed by atoms with Gasteiger partial charge in [0, 0.05) is 18.0 Å². The van der Waals surface area contributed by atoms with E-state index in [1.54, 1.807) is 43.8 Å². The lowest BCUT2D eigenvalue weighted by molar-refractivity contribution is 0.103. The molecule has 0 saturated carbocycles. The number of thioether (sulfide) groups is 1. The molecule has 0 N–H and O–H groups in total. The Morgan fingerprint density at radius 1 is 1.11 bits per heavy atom. The second-order valence-corrected chi connectivity index (χ2v) is 4.29. The van der Waals surface area contributed by atoms with E-state index in [0.29, 0.717) is 16.3 Å². The summed E-state index contributed by atoms with van der Waals surface area (Å²) in [4.78, 5) is 20.3. The van der Waals surface area contributed by atoms with Gasteiger partial charge < -0.3 is 4.74 Å². The van der Waals surface area contributed by atoms with Crippen LogP contribution in [-0.4, -0.2) is 29.1 Å². The van der Waals surface area contributed by atoms with Gasteiger partial charge in [-0.05, 0) is 30.5 Å². The zero-order valence-corrected chi connectivity index (χ0v) is 10.9. The van der Waals surface area contributed by atoms with E-state index in [1.165, 1.54) is 11.8 Å². The summed E-state index contributed by atoms with van der Waals surface area (Å²) in [5, 5.41) is 0.654. The Labute approximate surface area is 109 Å². The summed E-state index contributed by atoms with van der Waals surface area (Å²) < 4.78 is 5.05. The van der Waals surface area contributed by atoms with Gasteiger partial charge in [0.05, 0.1) is 12.7 Å². The number of nitrogens with zero attached hydrogens (tertiary/aromatic N) is 2. The molecule has 18 heavy (non-hydrogen) atoms. The van der Waals surface area contributed by atoms with Crippen molar-refractivity contribution in [3.05, 3.63) is 47.8 Å². The van der Waals surface area contributed by atoms with Crippen LogP contribution >= 0.6 is 11.8 Å². The molecule has 0 bridgehead atoms. The topological polar surface area (TPSA) is 52.1 Å². The van der Waals surface area contributed by atoms with Crippen LogP contribution in [0.25, 0.3) is 0 Å². The predicted molar refractivity (Wildman–Crippen MR) is 70.2 cm³/mol. The molecule has 0 aliphatic heterocycles. The van der Waals surface area contributed by atoms with Gasteiger partial charge in [-0.15, -0.1) is 0 Å². The van der Waals surface area contributed by atoms with Gasteiger partial charge in [-0.1, -0.05) is 11.8 Å². The average molecular weight is 260 g/mol. The van der Waals surface area contributed by atoms with Crippen LogP contribution in [0.2, 0.25) is 0 Å². The minimum atomic E-state index is -0.0923. The van der Waals surface area contributed by atoms with Gasteiger partial charge >= 0.3 is 0 Å². The second kappa shape index (κ2) is 5.64. The number of hydrogen-bond donors (Lipinski definition) is 0. The smallest absolute Gasteiger partial charge is 0.196 e. The fourth-order valence-electron chi connectivity index (χ4n) is 1.45. The third kappa shape index (κ3) is 2.68. The number of ether oxygens (including phenoxy) is 1. The number of aromatic nitrogens is 2. The minimum absolute atomic E-state index is 0.0923. The van der Waals surface area contributed by atoms with Crippen LogP contribution in [0.4, 0.5) is 0 Å². The summed E-state index contributed by atoms with van der Waals surface area (Å²) >= 11 is 1.44. The van der Waals surface area contributed by atoms with Gasteiger partial charge in [0.25, 0.3) is 0 Å². The van der Waals surface area contributed by atoms with Crippen molar-refractivity contribution >= 4 is 17.5 Å². The molecule has 0 atom stereocenters. The van der Waals surface area contributed by atoms with Crippen molar-refractivity contribution in [3.63, 3.8) is 0 Å². The summed E-state index contributed by atoms with van der Waals surface area (Å²) in [6, 6.07) is 6.96. The van der Waals surface area contributed by atoms with Crippen molar-refractivity contribution < 1.29 is 9.53 Å². The van der Waals surface area contributed by atoms with Gasteiger partial charge in [0.1, 0.15) is 5.75 Å². The molecule has 1 aromatic heterocycles. The highest BCUT2D eigenvalue weighted by Crippen LogP contribution is 2.15. The lowest BCUT2D eigenvalue weighted by Gasteiger charge is -2.03. The lowest BCUT2D eigenvalue weighted by atomic mass is 10.1. The van der Waals surface area contributed by atoms with Crippen molar-refractivity contribution in [1.82, 2.24) is 9.97 Å². The highest BCUT2D eigenvalue weighted by molar-refractivity contribution is 7.98. The van der Waals surface area contributed by atoms with Gasteiger partial charge in [-0.2, -0.15) is 0 Å². The molecule has 4 nitrogen and oxygen atoms in total. The van der Waals surface area contributed by atoms with Crippen LogP contribution in [0, 0.1) is 0 Å². The number of ketones is 1. The Hall–Kier alpha value is -1.88. The van der Waals surface area contributed by atoms with Crippen LogP contribution < -0.4 is 4.74 Å². The lowest BCUT2D eigenvalue weighted by Crippen LogP contribution is -2.03. The maximum absolute atomic E-state index is 12.1. The summed E-state index contributed by atoms with van der Waals surface area (Å²) in [5.74, 6) is 0.630. The van der Waals surface area contributed by atoms with E-state index >= 15 is 0 Å². The molecule has 0 aliphatic carbocycles. The normalized spacial score (nSPS) is 10.1. The van der Waals surface area contributed by atoms with Crippen molar-refractivity contribution in [2.45, 2.75) is 5.16 Å². The first-order valence-electron chi connectivity index (χ1n) is 5.29. The number of benzene rings is 1. The Kier molecular flexibility index (Phi) is 3.94. The maximum Gasteiger partial charge on any atom is 0.196 e. The van der Waals surface area contributed by atoms with Crippen molar-refractivity contribution in [1.29, 1.82) is 0 Å². The predicted octanol–water partition coefficient (Wildman–Crippen LogP) is 2.44. The maximum atomic E-state index is 12.1. The molecule has 0 unspecified atom stereocenters. The van der Waals surface area contributed by atoms with Crippen molar-refractivity contribution in [2.24, 2.45) is 0 Å². The van der Waals surface area contributed by atoms with Crippen LogP contribution in [-0.2, 0) is 0 Å². The Bertz CT molecular complexity index is 488. The highest BCUT2D eigenvalue weighted by atomic mass is 32.2. The quantitative estimate of drug-likeness (QED) is 0.480. The van der Waals surface area contributed by atoms with Gasteiger partial charge in [0.2, 0.25) is 0 Å². The first kappa shape index (κ1) is 12.6. The number of rotatable bonds is 4. The first-order valence-corrected chi connectivity index (χ1v) is 6.52. The van der Waals surface area contributed by atoms with Crippen LogP contribution in [0.5, 0.6) is 5.75 Å². The van der Waals surface area contributed by atoms with Crippen molar-refractivity contribution in [3.8, 4) is 5.75 Å². The highest BCUT2D eigenvalue weighted by Gasteiger charge is 2.10. The number of carbonyl (C=O) groups excluding carboxylic acids is 1. The number of hydrogen-bond acceptors (Lipinski definition) is 5. The molecule has 5 heteroatoms. The molecule has 0 aliphatic rings. The van der Waals surface area contributed by atoms with E-state index in [-0.39, 0.29) is 5.78 Å². The molecule has 2 rings (SSSR count). The number of carbonyl (C=O) groups is 1. The Morgan fingerprint density at radius 2 is 1.72 bits per heavy atom. The Balaban J connectivity index is 2.23. The molecule has 1 heterocycles. The van der Waals surface area contributed by atoms with E-state index < -0.39 is 0 Å². The fraction of sp³-hybridized carbons (Fsp3) is 0.154. The molecular formula is C13H12N2O2S. The van der Waals surface area contributed by atoms with Crippen LogP contribution in [0.3, 0.4) is 0 Å². The third-order valence-electron chi connectivity index (χ3n) is 2.43. The molecule has 92 valence electrons. The van der Waals surface area contributed by atoms with Gasteiger partial charge in [-0.3, -0.25) is 4.79 Å². The molecule has 0 saturated heterocycles. The minimum Gasteiger partial charge on any atom is -0.497 e. The summed E-state index contributed by atoms with van der Waals surface area (Å²) in [7, 11) is 1.59. The molecule has 2 aromatic rings. The molecular weight excluding hydrogens is 248 g/mol. The zero-order valence-electron chi connectivity index (χ0n) is 10.1. The van der Waals surface area contributed by atoms with Crippen molar-refractivity contribution in [2.75, 3.05) is 13.4 Å². The van der Waals surface area contributed by atoms with Crippen LogP contribution in [0.1, 0.15) is 15.9 Å². The first-order chi connectivity index (χ1) is 8.74. The van der Waals surface area contributed by atoms with Gasteiger partial charge in [-0.25, -0.2) is 9.97 Å². The van der Waals surface area contributed by atoms with E-state index in [1.807, 2.05) is 6.26 Å². The fourth-order valence-corrected chi connectivity index (χ4v) is 1.76. The van der Waals surface area contributed by atoms with E-state index in [9.17, 15) is 4.79 Å². The van der Waals surface area contributed by atoms with E-state index in [0.717, 1.165) is 5.75 Å². The summed E-state index contributed by atoms with van der Waals surface area (Å²) in [6.07, 6.45) is 4.98. The zero-order chi connectivity index (χ0) is 13.0. The second-order valence-electron chi connectivity index (χ2n) is 3.52. The van der Waals surface area contributed by atoms with E-state index in [2.05, 4.69) is 9.97 Å². The molecule has 0 amide bonds. The molecule has 0 spiro atoms. The number of methoxy groups -OCH3 is 1. The average Bonchev–Trinajstić information content (AvgIpc) is 2.47. The third-order valence-corrected chi connectivity index (χ3v) is 3.00. The molecule has 0 fully saturated rings. The largest absolute Gasteiger partial charge is 0.497 e. The van der Waals surface area contributed by atoms with E-state index in [4.69, 9.17) is 4.74 Å². The van der Waals surface area contributed by atoms with Crippen LogP contribution in [0.15, 0.2) is 41.8 Å². The standard InChI is InChI=1S/C13H12N2O2S/c1-17-11-5-3-9(4-6-11)12(16)10-7-14-13(18-2)15-8-10/h3-8H,1-2H3. The monoisotopic (exact) mass is 260 g/mol.